The summed E-state index contributed by atoms with van der Waals surface area (Å²) >= 11 is 0. The number of ether oxygens (including phenoxy) is 3. The van der Waals surface area contributed by atoms with E-state index in [4.69, 9.17) is 15.2 Å². The fraction of sp³-hybridized carbons (Fsp3) is 0.412. The molecule has 2 unspecified atom stereocenters. The van der Waals surface area contributed by atoms with E-state index in [2.05, 4.69) is 4.74 Å². The van der Waals surface area contributed by atoms with Gasteiger partial charge in [-0.2, -0.15) is 0 Å². The summed E-state index contributed by atoms with van der Waals surface area (Å²) in [4.78, 5) is 45.7. The number of ketones is 1. The summed E-state index contributed by atoms with van der Waals surface area (Å²) in [7, 11) is 0. The minimum atomic E-state index is -1.17. The van der Waals surface area contributed by atoms with Gasteiger partial charge in [0.25, 0.3) is 0 Å². The summed E-state index contributed by atoms with van der Waals surface area (Å²) in [5, 5.41) is 0. The van der Waals surface area contributed by atoms with E-state index in [0.717, 1.165) is 12.5 Å². The Morgan fingerprint density at radius 2 is 1.72 bits per heavy atom. The molecule has 0 aliphatic carbocycles. The third-order valence-electron chi connectivity index (χ3n) is 2.95. The minimum absolute atomic E-state index is 0.0451. The summed E-state index contributed by atoms with van der Waals surface area (Å²) in [6, 6.07) is 7.82. The highest BCUT2D eigenvalue weighted by Crippen LogP contribution is 2.05. The highest BCUT2D eigenvalue weighted by molar-refractivity contribution is 5.97. The van der Waals surface area contributed by atoms with Crippen molar-refractivity contribution in [2.45, 2.75) is 45.6 Å². The van der Waals surface area contributed by atoms with E-state index in [1.54, 1.807) is 24.3 Å². The molecule has 0 saturated heterocycles. The molecule has 0 fully saturated rings. The highest BCUT2D eigenvalue weighted by Gasteiger charge is 2.22. The Morgan fingerprint density at radius 3 is 2.32 bits per heavy atom. The molecule has 0 bridgehead atoms. The smallest absolute Gasteiger partial charge is 0.323 e. The Hall–Kier alpha value is -2.74. The van der Waals surface area contributed by atoms with Crippen LogP contribution in [0.15, 0.2) is 30.3 Å². The summed E-state index contributed by atoms with van der Waals surface area (Å²) in [5.74, 6) is -2.80. The van der Waals surface area contributed by atoms with Crippen molar-refractivity contribution in [3.8, 4) is 0 Å². The van der Waals surface area contributed by atoms with Gasteiger partial charge in [-0.3, -0.25) is 19.2 Å². The summed E-state index contributed by atoms with van der Waals surface area (Å²) in [6.07, 6.45) is -2.03. The predicted octanol–water partition coefficient (Wildman–Crippen LogP) is 0.859. The van der Waals surface area contributed by atoms with Crippen molar-refractivity contribution in [3.05, 3.63) is 35.9 Å². The first-order valence-electron chi connectivity index (χ1n) is 7.62. The van der Waals surface area contributed by atoms with Gasteiger partial charge in [0.1, 0.15) is 24.9 Å². The number of benzene rings is 1. The molecule has 1 rings (SSSR count). The Bertz CT molecular complexity index is 615. The fourth-order valence-corrected chi connectivity index (χ4v) is 1.88. The molecule has 8 nitrogen and oxygen atoms in total. The van der Waals surface area contributed by atoms with Crippen molar-refractivity contribution in [2.24, 2.45) is 5.73 Å². The molecule has 0 saturated carbocycles. The van der Waals surface area contributed by atoms with E-state index in [-0.39, 0.29) is 13.0 Å². The number of carbonyl (C=O) groups excluding carboxylic acids is 4. The fourth-order valence-electron chi connectivity index (χ4n) is 1.88. The van der Waals surface area contributed by atoms with E-state index >= 15 is 0 Å². The summed E-state index contributed by atoms with van der Waals surface area (Å²) in [6.45, 7) is 2.55. The van der Waals surface area contributed by atoms with Crippen LogP contribution >= 0.6 is 0 Å². The molecule has 0 spiro atoms. The molecule has 0 aromatic heterocycles. The Balaban J connectivity index is 2.33. The van der Waals surface area contributed by atoms with Crippen LogP contribution in [0.3, 0.4) is 0 Å². The normalized spacial score (nSPS) is 12.6. The second kappa shape index (κ2) is 10.2. The van der Waals surface area contributed by atoms with Crippen LogP contribution in [0.25, 0.3) is 0 Å². The van der Waals surface area contributed by atoms with Crippen molar-refractivity contribution in [1.82, 2.24) is 0 Å². The van der Waals surface area contributed by atoms with E-state index in [9.17, 15) is 19.2 Å². The molecule has 2 N–H and O–H groups in total. The molecule has 8 heteroatoms. The lowest BCUT2D eigenvalue weighted by atomic mass is 10.1. The molecule has 2 atom stereocenters. The van der Waals surface area contributed by atoms with Gasteiger partial charge in [0, 0.05) is 20.3 Å². The predicted molar refractivity (Wildman–Crippen MR) is 85.8 cm³/mol. The molecule has 1 aromatic rings. The van der Waals surface area contributed by atoms with Gasteiger partial charge in [-0.15, -0.1) is 0 Å². The van der Waals surface area contributed by atoms with Gasteiger partial charge >= 0.3 is 17.9 Å². The van der Waals surface area contributed by atoms with Crippen LogP contribution in [-0.2, 0) is 40.0 Å². The van der Waals surface area contributed by atoms with Crippen molar-refractivity contribution in [3.63, 3.8) is 0 Å². The maximum absolute atomic E-state index is 11.8. The molecule has 25 heavy (non-hydrogen) atoms. The second-order valence-electron chi connectivity index (χ2n) is 5.29. The average molecular weight is 351 g/mol. The van der Waals surface area contributed by atoms with Crippen LogP contribution in [0.2, 0.25) is 0 Å². The second-order valence-corrected chi connectivity index (χ2v) is 5.29. The zero-order valence-electron chi connectivity index (χ0n) is 14.1. The standard InChI is InChI=1S/C17H21NO7/c1-11(19)24-12(2)25-16(21)9-14(20)8-15(18)17(22)23-10-13-6-4-3-5-7-13/h3-7,12,15H,8-10,18H2,1-2H3. The van der Waals surface area contributed by atoms with Crippen LogP contribution in [0.4, 0.5) is 0 Å². The van der Waals surface area contributed by atoms with E-state index in [1.807, 2.05) is 6.07 Å². The molecule has 0 radical (unpaired) electrons. The first-order chi connectivity index (χ1) is 11.8. The minimum Gasteiger partial charge on any atom is -0.460 e. The van der Waals surface area contributed by atoms with Gasteiger partial charge in [0.15, 0.2) is 0 Å². The lowest BCUT2D eigenvalue weighted by molar-refractivity contribution is -0.182. The number of Topliss-reactive ketones (excluding diaryl/α,β-unsaturated/α-hetero) is 1. The van der Waals surface area contributed by atoms with Crippen LogP contribution in [0, 0.1) is 0 Å². The summed E-state index contributed by atoms with van der Waals surface area (Å²) < 4.78 is 14.3. The third-order valence-corrected chi connectivity index (χ3v) is 2.95. The lowest BCUT2D eigenvalue weighted by Crippen LogP contribution is -2.35. The SMILES string of the molecule is CC(=O)OC(C)OC(=O)CC(=O)CC(N)C(=O)OCc1ccccc1. The molecule has 0 aliphatic heterocycles. The molecule has 136 valence electrons. The van der Waals surface area contributed by atoms with Gasteiger partial charge in [0.05, 0.1) is 0 Å². The van der Waals surface area contributed by atoms with Gasteiger partial charge in [-0.1, -0.05) is 30.3 Å². The van der Waals surface area contributed by atoms with Crippen molar-refractivity contribution >= 4 is 23.7 Å². The van der Waals surface area contributed by atoms with E-state index in [0.29, 0.717) is 0 Å². The molecule has 0 aliphatic rings. The van der Waals surface area contributed by atoms with Crippen LogP contribution in [-0.4, -0.2) is 36.0 Å². The quantitative estimate of drug-likeness (QED) is 0.395. The monoisotopic (exact) mass is 351 g/mol. The van der Waals surface area contributed by atoms with E-state index in [1.165, 1.54) is 6.92 Å². The largest absolute Gasteiger partial charge is 0.460 e. The van der Waals surface area contributed by atoms with Crippen LogP contribution < -0.4 is 5.73 Å². The highest BCUT2D eigenvalue weighted by atomic mass is 16.7. The molecule has 0 heterocycles. The molecule has 0 amide bonds. The Morgan fingerprint density at radius 1 is 1.08 bits per heavy atom. The van der Waals surface area contributed by atoms with E-state index < -0.39 is 42.4 Å². The molecular formula is C17H21NO7. The number of carbonyl (C=O) groups is 4. The lowest BCUT2D eigenvalue weighted by Gasteiger charge is -2.13. The van der Waals surface area contributed by atoms with Gasteiger partial charge in [-0.05, 0) is 5.56 Å². The zero-order chi connectivity index (χ0) is 18.8. The number of hydrogen-bond donors (Lipinski definition) is 1. The molecule has 1 aromatic carbocycles. The summed E-state index contributed by atoms with van der Waals surface area (Å²) in [5.41, 5.74) is 6.40. The Labute approximate surface area is 145 Å². The first kappa shape index (κ1) is 20.3. The van der Waals surface area contributed by atoms with Crippen molar-refractivity contribution in [1.29, 1.82) is 0 Å². The maximum Gasteiger partial charge on any atom is 0.323 e. The topological polar surface area (TPSA) is 122 Å². The third kappa shape index (κ3) is 8.61. The van der Waals surface area contributed by atoms with Gasteiger partial charge in [-0.25, -0.2) is 0 Å². The Kier molecular flexibility index (Phi) is 8.28. The number of rotatable bonds is 9. The average Bonchev–Trinajstić information content (AvgIpc) is 2.52. The number of esters is 3. The van der Waals surface area contributed by atoms with Crippen molar-refractivity contribution in [2.75, 3.05) is 0 Å². The van der Waals surface area contributed by atoms with Crippen LogP contribution in [0.5, 0.6) is 0 Å². The number of nitrogens with two attached hydrogens (primary N) is 1. The first-order valence-corrected chi connectivity index (χ1v) is 7.62. The van der Waals surface area contributed by atoms with Gasteiger partial charge in [0.2, 0.25) is 6.29 Å². The number of hydrogen-bond acceptors (Lipinski definition) is 8. The van der Waals surface area contributed by atoms with Crippen LogP contribution in [0.1, 0.15) is 32.3 Å². The maximum atomic E-state index is 11.8. The molecular weight excluding hydrogens is 330 g/mol. The van der Waals surface area contributed by atoms with Crippen molar-refractivity contribution < 1.29 is 33.4 Å². The van der Waals surface area contributed by atoms with Gasteiger partial charge < -0.3 is 19.9 Å². The zero-order valence-corrected chi connectivity index (χ0v) is 14.1.